The number of hydrogen-bond donors (Lipinski definition) is 2. The van der Waals surface area contributed by atoms with Crippen LogP contribution >= 0.6 is 0 Å². The summed E-state index contributed by atoms with van der Waals surface area (Å²) in [4.78, 5) is 50.4. The van der Waals surface area contributed by atoms with Crippen LogP contribution < -0.4 is 10.4 Å². The van der Waals surface area contributed by atoms with Crippen molar-refractivity contribution in [3.63, 3.8) is 0 Å². The molecule has 0 aliphatic carbocycles. The van der Waals surface area contributed by atoms with Gasteiger partial charge in [0.2, 0.25) is 5.91 Å². The van der Waals surface area contributed by atoms with Crippen molar-refractivity contribution >= 4 is 29.4 Å². The Hall–Kier alpha value is -4.40. The van der Waals surface area contributed by atoms with Gasteiger partial charge in [-0.05, 0) is 54.3 Å². The molecule has 0 aliphatic heterocycles. The molecule has 0 saturated heterocycles. The van der Waals surface area contributed by atoms with Crippen molar-refractivity contribution in [1.82, 2.24) is 9.99 Å². The van der Waals surface area contributed by atoms with Crippen LogP contribution in [0.2, 0.25) is 0 Å². The molecule has 1 aromatic heterocycles. The van der Waals surface area contributed by atoms with E-state index in [0.29, 0.717) is 12.1 Å². The van der Waals surface area contributed by atoms with Gasteiger partial charge in [0.25, 0.3) is 5.91 Å². The number of aromatic carboxylic acids is 1. The number of hydrazine groups is 1. The van der Waals surface area contributed by atoms with Gasteiger partial charge in [0.15, 0.2) is 0 Å². The molecule has 0 bridgehead atoms. The minimum atomic E-state index is -1.10. The minimum absolute atomic E-state index is 0.0519. The van der Waals surface area contributed by atoms with E-state index in [2.05, 4.69) is 5.43 Å². The summed E-state index contributed by atoms with van der Waals surface area (Å²) in [6, 6.07) is 17.3. The van der Waals surface area contributed by atoms with Crippen LogP contribution in [-0.2, 0) is 25.7 Å². The smallest absolute Gasteiger partial charge is 0.335 e. The van der Waals surface area contributed by atoms with Gasteiger partial charge in [-0.15, -0.1) is 0 Å². The molecule has 2 N–H and O–H groups in total. The fourth-order valence-electron chi connectivity index (χ4n) is 3.58. The summed E-state index contributed by atoms with van der Waals surface area (Å²) in [5.74, 6) is -2.35. The van der Waals surface area contributed by atoms with Gasteiger partial charge in [-0.3, -0.25) is 19.8 Å². The molecule has 9 nitrogen and oxygen atoms in total. The molecule has 1 atom stereocenters. The van der Waals surface area contributed by atoms with E-state index in [-0.39, 0.29) is 36.8 Å². The van der Waals surface area contributed by atoms with Crippen molar-refractivity contribution in [2.75, 3.05) is 5.01 Å². The van der Waals surface area contributed by atoms with E-state index in [1.165, 1.54) is 24.3 Å². The number of hydrogen-bond acceptors (Lipinski definition) is 5. The first-order chi connectivity index (χ1) is 17.7. The summed E-state index contributed by atoms with van der Waals surface area (Å²) in [6.45, 7) is 4.05. The van der Waals surface area contributed by atoms with Gasteiger partial charge in [0, 0.05) is 18.8 Å². The normalized spacial score (nSPS) is 11.5. The number of anilines is 1. The van der Waals surface area contributed by atoms with E-state index in [1.54, 1.807) is 29.1 Å². The van der Waals surface area contributed by atoms with Crippen molar-refractivity contribution in [3.8, 4) is 0 Å². The molecule has 2 amide bonds. The topological polar surface area (TPSA) is 118 Å². The Labute approximate surface area is 215 Å². The Balaban J connectivity index is 1.78. The standard InChI is InChI=1S/C28H31N3O6/c1-20(2)10-15-25(32)31(23-13-11-22(12-14-23)28(35)36)29-27(34)24(30-16-6-7-17-30)18-26(33)37-19-21-8-4-3-5-9-21/h3-9,11-14,16-17,20,24H,10,15,18-19H2,1-2H3,(H,29,34)(H,35,36). The van der Waals surface area contributed by atoms with Gasteiger partial charge in [-0.2, -0.15) is 0 Å². The quantitative estimate of drug-likeness (QED) is 0.295. The summed E-state index contributed by atoms with van der Waals surface area (Å²) in [6.07, 6.45) is 3.83. The third-order valence-electron chi connectivity index (χ3n) is 5.67. The summed E-state index contributed by atoms with van der Waals surface area (Å²) in [5, 5.41) is 10.3. The van der Waals surface area contributed by atoms with Crippen molar-refractivity contribution in [1.29, 1.82) is 0 Å². The van der Waals surface area contributed by atoms with E-state index in [1.807, 2.05) is 44.2 Å². The zero-order valence-corrected chi connectivity index (χ0v) is 20.9. The van der Waals surface area contributed by atoms with Crippen molar-refractivity contribution in [2.24, 2.45) is 5.92 Å². The summed E-state index contributed by atoms with van der Waals surface area (Å²) in [7, 11) is 0. The lowest BCUT2D eigenvalue weighted by Crippen LogP contribution is -2.49. The average Bonchev–Trinajstić information content (AvgIpc) is 3.43. The molecule has 37 heavy (non-hydrogen) atoms. The number of aromatic nitrogens is 1. The van der Waals surface area contributed by atoms with Crippen LogP contribution in [0, 0.1) is 5.92 Å². The molecule has 1 heterocycles. The molecule has 3 rings (SSSR count). The van der Waals surface area contributed by atoms with Gasteiger partial charge in [-0.1, -0.05) is 44.2 Å². The molecule has 0 spiro atoms. The number of carboxylic acids is 1. The first-order valence-electron chi connectivity index (χ1n) is 12.0. The number of esters is 1. The number of nitrogens with one attached hydrogen (secondary N) is 1. The van der Waals surface area contributed by atoms with Crippen LogP contribution in [0.1, 0.15) is 55.1 Å². The Morgan fingerprint density at radius 2 is 1.59 bits per heavy atom. The van der Waals surface area contributed by atoms with Crippen LogP contribution in [0.5, 0.6) is 0 Å². The Morgan fingerprint density at radius 3 is 2.19 bits per heavy atom. The molecular weight excluding hydrogens is 474 g/mol. The molecule has 0 fully saturated rings. The molecule has 3 aromatic rings. The molecular formula is C28H31N3O6. The number of amides is 2. The maximum atomic E-state index is 13.4. The van der Waals surface area contributed by atoms with E-state index in [4.69, 9.17) is 4.74 Å². The zero-order valence-electron chi connectivity index (χ0n) is 20.9. The SMILES string of the molecule is CC(C)CCC(=O)N(NC(=O)C(CC(=O)OCc1ccccc1)n1cccc1)c1ccc(C(=O)O)cc1. The molecule has 0 radical (unpaired) electrons. The molecule has 0 aliphatic rings. The number of carbonyl (C=O) groups is 4. The molecule has 0 saturated carbocycles. The Kier molecular flexibility index (Phi) is 9.60. The molecule has 9 heteroatoms. The zero-order chi connectivity index (χ0) is 26.8. The number of rotatable bonds is 11. The first kappa shape index (κ1) is 27.2. The lowest BCUT2D eigenvalue weighted by molar-refractivity contribution is -0.147. The molecule has 194 valence electrons. The second-order valence-electron chi connectivity index (χ2n) is 8.99. The van der Waals surface area contributed by atoms with Gasteiger partial charge < -0.3 is 14.4 Å². The summed E-state index contributed by atoms with van der Waals surface area (Å²) >= 11 is 0. The highest BCUT2D eigenvalue weighted by Gasteiger charge is 2.28. The van der Waals surface area contributed by atoms with Crippen molar-refractivity contribution < 1.29 is 29.0 Å². The highest BCUT2D eigenvalue weighted by molar-refractivity contribution is 5.98. The Morgan fingerprint density at radius 1 is 0.946 bits per heavy atom. The van der Waals surface area contributed by atoms with Crippen LogP contribution in [0.3, 0.4) is 0 Å². The fraction of sp³-hybridized carbons (Fsp3) is 0.286. The largest absolute Gasteiger partial charge is 0.478 e. The number of ether oxygens (including phenoxy) is 1. The second kappa shape index (κ2) is 13.1. The lowest BCUT2D eigenvalue weighted by Gasteiger charge is -2.27. The number of nitrogens with zero attached hydrogens (tertiary/aromatic N) is 2. The third-order valence-corrected chi connectivity index (χ3v) is 5.67. The minimum Gasteiger partial charge on any atom is -0.478 e. The maximum Gasteiger partial charge on any atom is 0.335 e. The number of carboxylic acid groups (broad SMARTS) is 1. The third kappa shape index (κ3) is 8.06. The lowest BCUT2D eigenvalue weighted by atomic mass is 10.1. The predicted octanol–water partition coefficient (Wildman–Crippen LogP) is 4.36. The highest BCUT2D eigenvalue weighted by Crippen LogP contribution is 2.20. The number of benzene rings is 2. The van der Waals surface area contributed by atoms with Crippen LogP contribution in [0.15, 0.2) is 79.1 Å². The van der Waals surface area contributed by atoms with E-state index in [0.717, 1.165) is 10.6 Å². The van der Waals surface area contributed by atoms with Crippen LogP contribution in [-0.4, -0.2) is 33.4 Å². The Bertz CT molecular complexity index is 1190. The van der Waals surface area contributed by atoms with E-state index < -0.39 is 23.9 Å². The predicted molar refractivity (Wildman–Crippen MR) is 137 cm³/mol. The first-order valence-corrected chi connectivity index (χ1v) is 12.0. The van der Waals surface area contributed by atoms with Gasteiger partial charge in [-0.25, -0.2) is 9.80 Å². The fourth-order valence-corrected chi connectivity index (χ4v) is 3.58. The van der Waals surface area contributed by atoms with Gasteiger partial charge >= 0.3 is 11.9 Å². The molecule has 2 aromatic carbocycles. The maximum absolute atomic E-state index is 13.4. The van der Waals surface area contributed by atoms with Crippen LogP contribution in [0.25, 0.3) is 0 Å². The van der Waals surface area contributed by atoms with Crippen LogP contribution in [0.4, 0.5) is 5.69 Å². The van der Waals surface area contributed by atoms with E-state index in [9.17, 15) is 24.3 Å². The molecule has 1 unspecified atom stereocenters. The monoisotopic (exact) mass is 505 g/mol. The average molecular weight is 506 g/mol. The van der Waals surface area contributed by atoms with Gasteiger partial charge in [0.05, 0.1) is 17.7 Å². The second-order valence-corrected chi connectivity index (χ2v) is 8.99. The highest BCUT2D eigenvalue weighted by atomic mass is 16.5. The summed E-state index contributed by atoms with van der Waals surface area (Å²) < 4.78 is 6.95. The summed E-state index contributed by atoms with van der Waals surface area (Å²) in [5.41, 5.74) is 3.83. The van der Waals surface area contributed by atoms with Gasteiger partial charge in [0.1, 0.15) is 12.6 Å². The van der Waals surface area contributed by atoms with Crippen molar-refractivity contribution in [2.45, 2.75) is 45.8 Å². The van der Waals surface area contributed by atoms with E-state index >= 15 is 0 Å². The van der Waals surface area contributed by atoms with Crippen molar-refractivity contribution in [3.05, 3.63) is 90.3 Å². The number of carbonyl (C=O) groups excluding carboxylic acids is 3.